The molecule has 0 fully saturated rings. The molecule has 1 unspecified atom stereocenters. The van der Waals surface area contributed by atoms with Crippen LogP contribution in [0.2, 0.25) is 0 Å². The van der Waals surface area contributed by atoms with Crippen molar-refractivity contribution in [1.82, 2.24) is 0 Å². The van der Waals surface area contributed by atoms with E-state index in [9.17, 15) is 4.79 Å². The lowest BCUT2D eigenvalue weighted by Gasteiger charge is -2.16. The number of rotatable bonds is 0. The second-order valence-corrected chi connectivity index (χ2v) is 4.24. The van der Waals surface area contributed by atoms with Gasteiger partial charge < -0.3 is 0 Å². The highest BCUT2D eigenvalue weighted by Crippen LogP contribution is 2.41. The van der Waals surface area contributed by atoms with E-state index in [1.54, 1.807) is 0 Å². The second-order valence-electron chi connectivity index (χ2n) is 4.24. The lowest BCUT2D eigenvalue weighted by Crippen LogP contribution is -2.02. The minimum Gasteiger partial charge on any atom is -0.289 e. The van der Waals surface area contributed by atoms with Gasteiger partial charge in [-0.1, -0.05) is 43.3 Å². The van der Waals surface area contributed by atoms with E-state index in [-0.39, 0.29) is 5.78 Å². The molecule has 0 bridgehead atoms. The van der Waals surface area contributed by atoms with Gasteiger partial charge in [-0.05, 0) is 23.5 Å². The average Bonchev–Trinajstić information content (AvgIpc) is 2.55. The fourth-order valence-corrected chi connectivity index (χ4v) is 2.53. The summed E-state index contributed by atoms with van der Waals surface area (Å²) in [6.07, 6.45) is 5.13. The number of Topliss-reactive ketones (excluding diaryl/α,β-unsaturated/α-hetero) is 1. The zero-order valence-corrected chi connectivity index (χ0v) is 8.66. The van der Waals surface area contributed by atoms with Crippen molar-refractivity contribution in [1.29, 1.82) is 0 Å². The highest BCUT2D eigenvalue weighted by atomic mass is 16.1. The first-order chi connectivity index (χ1) is 7.29. The number of hydrogen-bond donors (Lipinski definition) is 0. The summed E-state index contributed by atoms with van der Waals surface area (Å²) in [5.41, 5.74) is 4.18. The summed E-state index contributed by atoms with van der Waals surface area (Å²) in [5.74, 6) is 0.668. The van der Waals surface area contributed by atoms with Gasteiger partial charge in [-0.15, -0.1) is 0 Å². The third-order valence-electron chi connectivity index (χ3n) is 3.26. The Kier molecular flexibility index (Phi) is 1.69. The van der Waals surface area contributed by atoms with Crippen molar-refractivity contribution < 1.29 is 4.79 Å². The molecule has 1 nitrogen and oxygen atoms in total. The van der Waals surface area contributed by atoms with Gasteiger partial charge in [-0.2, -0.15) is 0 Å². The van der Waals surface area contributed by atoms with Crippen molar-refractivity contribution in [2.45, 2.75) is 13.3 Å². The first kappa shape index (κ1) is 8.66. The van der Waals surface area contributed by atoms with Crippen molar-refractivity contribution in [2.75, 3.05) is 0 Å². The van der Waals surface area contributed by atoms with Crippen LogP contribution in [0.25, 0.3) is 5.57 Å². The Morgan fingerprint density at radius 1 is 1.20 bits per heavy atom. The molecule has 0 spiro atoms. The molecule has 0 aromatic heterocycles. The highest BCUT2D eigenvalue weighted by Gasteiger charge is 2.31. The standard InChI is InChI=1S/C14H12O/c1-9-5-4-8-12-13(9)10-6-2-3-7-11(10)14(12)15/h2-4,6-9H,5H2,1H3. The summed E-state index contributed by atoms with van der Waals surface area (Å²) in [4.78, 5) is 12.1. The van der Waals surface area contributed by atoms with Crippen molar-refractivity contribution in [2.24, 2.45) is 5.92 Å². The molecule has 1 atom stereocenters. The van der Waals surface area contributed by atoms with E-state index in [4.69, 9.17) is 0 Å². The molecular formula is C14H12O. The van der Waals surface area contributed by atoms with Crippen LogP contribution in [0.15, 0.2) is 42.0 Å². The smallest absolute Gasteiger partial charge is 0.193 e. The van der Waals surface area contributed by atoms with Crippen LogP contribution in [0, 0.1) is 5.92 Å². The maximum absolute atomic E-state index is 12.1. The van der Waals surface area contributed by atoms with Gasteiger partial charge >= 0.3 is 0 Å². The van der Waals surface area contributed by atoms with Crippen molar-refractivity contribution in [3.8, 4) is 0 Å². The monoisotopic (exact) mass is 196 g/mol. The molecule has 0 heterocycles. The summed E-state index contributed by atoms with van der Waals surface area (Å²) in [7, 11) is 0. The van der Waals surface area contributed by atoms with Crippen LogP contribution in [-0.4, -0.2) is 5.78 Å². The maximum atomic E-state index is 12.1. The predicted molar refractivity (Wildman–Crippen MR) is 60.6 cm³/mol. The summed E-state index contributed by atoms with van der Waals surface area (Å²) in [6, 6.07) is 7.93. The molecule has 74 valence electrons. The molecule has 0 radical (unpaired) electrons. The molecule has 0 saturated heterocycles. The largest absolute Gasteiger partial charge is 0.289 e. The lowest BCUT2D eigenvalue weighted by molar-refractivity contribution is 0.104. The number of benzene rings is 1. The lowest BCUT2D eigenvalue weighted by atomic mass is 9.87. The summed E-state index contributed by atoms with van der Waals surface area (Å²) in [5, 5.41) is 0. The second kappa shape index (κ2) is 2.93. The quantitative estimate of drug-likeness (QED) is 0.622. The van der Waals surface area contributed by atoms with Crippen molar-refractivity contribution in [3.05, 3.63) is 53.1 Å². The molecule has 1 aromatic carbocycles. The van der Waals surface area contributed by atoms with E-state index >= 15 is 0 Å². The van der Waals surface area contributed by atoms with E-state index in [0.29, 0.717) is 5.92 Å². The van der Waals surface area contributed by atoms with E-state index in [1.807, 2.05) is 24.3 Å². The number of carbonyl (C=O) groups is 1. The van der Waals surface area contributed by atoms with Gasteiger partial charge in [-0.3, -0.25) is 4.79 Å². The predicted octanol–water partition coefficient (Wildman–Crippen LogP) is 3.23. The molecule has 0 aliphatic heterocycles. The van der Waals surface area contributed by atoms with Crippen LogP contribution in [0.4, 0.5) is 0 Å². The molecule has 3 rings (SSSR count). The number of fused-ring (bicyclic) bond motifs is 2. The Labute approximate surface area is 89.1 Å². The van der Waals surface area contributed by atoms with Crippen molar-refractivity contribution in [3.63, 3.8) is 0 Å². The third kappa shape index (κ3) is 1.06. The Morgan fingerprint density at radius 2 is 1.93 bits per heavy atom. The number of carbonyl (C=O) groups excluding carboxylic acids is 1. The number of hydrogen-bond acceptors (Lipinski definition) is 1. The Morgan fingerprint density at radius 3 is 2.73 bits per heavy atom. The zero-order valence-electron chi connectivity index (χ0n) is 8.66. The highest BCUT2D eigenvalue weighted by molar-refractivity contribution is 6.22. The summed E-state index contributed by atoms with van der Waals surface area (Å²) in [6.45, 7) is 2.19. The fourth-order valence-electron chi connectivity index (χ4n) is 2.53. The van der Waals surface area contributed by atoms with Gasteiger partial charge in [-0.25, -0.2) is 0 Å². The molecule has 0 N–H and O–H groups in total. The molecule has 15 heavy (non-hydrogen) atoms. The van der Waals surface area contributed by atoms with Crippen LogP contribution in [0.3, 0.4) is 0 Å². The van der Waals surface area contributed by atoms with Crippen LogP contribution < -0.4 is 0 Å². The molecule has 2 aliphatic carbocycles. The molecule has 0 saturated carbocycles. The normalized spacial score (nSPS) is 23.0. The van der Waals surface area contributed by atoms with Crippen LogP contribution in [0.5, 0.6) is 0 Å². The van der Waals surface area contributed by atoms with Crippen LogP contribution in [0.1, 0.15) is 29.3 Å². The average molecular weight is 196 g/mol. The van der Waals surface area contributed by atoms with Gasteiger partial charge in [0.15, 0.2) is 5.78 Å². The molecule has 2 aliphatic rings. The molecular weight excluding hydrogens is 184 g/mol. The van der Waals surface area contributed by atoms with Crippen LogP contribution in [-0.2, 0) is 0 Å². The zero-order chi connectivity index (χ0) is 10.4. The first-order valence-electron chi connectivity index (χ1n) is 5.34. The van der Waals surface area contributed by atoms with Gasteiger partial charge in [0.05, 0.1) is 0 Å². The van der Waals surface area contributed by atoms with Gasteiger partial charge in [0, 0.05) is 11.1 Å². The van der Waals surface area contributed by atoms with E-state index in [0.717, 1.165) is 23.1 Å². The van der Waals surface area contributed by atoms with Gasteiger partial charge in [0.2, 0.25) is 0 Å². The van der Waals surface area contributed by atoms with Crippen molar-refractivity contribution >= 4 is 11.4 Å². The Hall–Kier alpha value is -1.63. The minimum atomic E-state index is 0.198. The van der Waals surface area contributed by atoms with E-state index in [1.165, 1.54) is 5.57 Å². The summed E-state index contributed by atoms with van der Waals surface area (Å²) >= 11 is 0. The SMILES string of the molecule is CC1CC=CC2=C1c1ccccc1C2=O. The van der Waals surface area contributed by atoms with Gasteiger partial charge in [0.1, 0.15) is 0 Å². The third-order valence-corrected chi connectivity index (χ3v) is 3.26. The minimum absolute atomic E-state index is 0.198. The Bertz CT molecular complexity index is 506. The summed E-state index contributed by atoms with van der Waals surface area (Å²) < 4.78 is 0. The maximum Gasteiger partial charge on any atom is 0.193 e. The Balaban J connectivity index is 2.29. The molecule has 0 amide bonds. The van der Waals surface area contributed by atoms with Gasteiger partial charge in [0.25, 0.3) is 0 Å². The molecule has 1 aromatic rings. The molecule has 1 heteroatoms. The topological polar surface area (TPSA) is 17.1 Å². The van der Waals surface area contributed by atoms with Crippen LogP contribution >= 0.6 is 0 Å². The van der Waals surface area contributed by atoms with E-state index < -0.39 is 0 Å². The van der Waals surface area contributed by atoms with E-state index in [2.05, 4.69) is 19.1 Å². The first-order valence-corrected chi connectivity index (χ1v) is 5.34. The number of ketones is 1. The number of allylic oxidation sites excluding steroid dienone is 4. The fraction of sp³-hybridized carbons (Fsp3) is 0.214.